The van der Waals surface area contributed by atoms with E-state index in [1.165, 1.54) is 12.1 Å². The first-order chi connectivity index (χ1) is 7.70. The fourth-order valence-electron chi connectivity index (χ4n) is 1.31. The maximum Gasteiger partial charge on any atom is 0.229 e. The Bertz CT molecular complexity index is 542. The molecule has 0 radical (unpaired) electrons. The molecule has 0 aliphatic rings. The normalized spacial score (nSPS) is 13.1. The molecule has 0 saturated carbocycles. The van der Waals surface area contributed by atoms with E-state index < -0.39 is 21.8 Å². The van der Waals surface area contributed by atoms with E-state index in [0.29, 0.717) is 16.3 Å². The summed E-state index contributed by atoms with van der Waals surface area (Å²) in [5.41, 5.74) is 6.08. The average Bonchev–Trinajstić information content (AvgIpc) is 2.14. The van der Waals surface area contributed by atoms with Crippen LogP contribution in [0.15, 0.2) is 18.2 Å². The average molecular weight is 277 g/mol. The van der Waals surface area contributed by atoms with E-state index in [1.807, 2.05) is 0 Å². The molecule has 3 N–H and O–H groups in total. The molecule has 0 spiro atoms. The SMILES string of the molecule is CC(C(N)=O)c1ccc(NS(C)(=O)=O)cc1Cl. The minimum atomic E-state index is -3.34. The third kappa shape index (κ3) is 3.90. The molecule has 94 valence electrons. The lowest BCUT2D eigenvalue weighted by molar-refractivity contribution is -0.119. The number of rotatable bonds is 4. The summed E-state index contributed by atoms with van der Waals surface area (Å²) in [6, 6.07) is 4.55. The fourth-order valence-corrected chi connectivity index (χ4v) is 2.21. The van der Waals surface area contributed by atoms with Gasteiger partial charge in [0.15, 0.2) is 0 Å². The first kappa shape index (κ1) is 13.8. The molecule has 1 atom stereocenters. The van der Waals surface area contributed by atoms with Gasteiger partial charge in [0.2, 0.25) is 15.9 Å². The van der Waals surface area contributed by atoms with Crippen molar-refractivity contribution < 1.29 is 13.2 Å². The van der Waals surface area contributed by atoms with Crippen LogP contribution in [0.5, 0.6) is 0 Å². The van der Waals surface area contributed by atoms with Crippen molar-refractivity contribution in [3.8, 4) is 0 Å². The molecule has 0 bridgehead atoms. The van der Waals surface area contributed by atoms with E-state index in [-0.39, 0.29) is 0 Å². The van der Waals surface area contributed by atoms with Gasteiger partial charge in [-0.25, -0.2) is 8.42 Å². The number of anilines is 1. The van der Waals surface area contributed by atoms with Crippen LogP contribution < -0.4 is 10.5 Å². The molecular weight excluding hydrogens is 264 g/mol. The van der Waals surface area contributed by atoms with Gasteiger partial charge in [0.25, 0.3) is 0 Å². The number of hydrogen-bond acceptors (Lipinski definition) is 3. The molecule has 1 aromatic rings. The summed E-state index contributed by atoms with van der Waals surface area (Å²) in [7, 11) is -3.34. The van der Waals surface area contributed by atoms with Crippen LogP contribution in [0.3, 0.4) is 0 Å². The number of nitrogens with two attached hydrogens (primary N) is 1. The lowest BCUT2D eigenvalue weighted by Gasteiger charge is -2.11. The molecule has 1 unspecified atom stereocenters. The second-order valence-electron chi connectivity index (χ2n) is 3.73. The Morgan fingerprint density at radius 1 is 1.47 bits per heavy atom. The maximum absolute atomic E-state index is 11.0. The van der Waals surface area contributed by atoms with E-state index in [9.17, 15) is 13.2 Å². The molecule has 0 saturated heterocycles. The lowest BCUT2D eigenvalue weighted by Crippen LogP contribution is -2.19. The Hall–Kier alpha value is -1.27. The third-order valence-electron chi connectivity index (χ3n) is 2.20. The van der Waals surface area contributed by atoms with Gasteiger partial charge in [0, 0.05) is 10.7 Å². The summed E-state index contributed by atoms with van der Waals surface area (Å²) < 4.78 is 24.3. The van der Waals surface area contributed by atoms with Gasteiger partial charge >= 0.3 is 0 Å². The lowest BCUT2D eigenvalue weighted by atomic mass is 10.0. The minimum Gasteiger partial charge on any atom is -0.369 e. The standard InChI is InChI=1S/C10H13ClN2O3S/c1-6(10(12)14)8-4-3-7(5-9(8)11)13-17(2,15)16/h3-6,13H,1-2H3,(H2,12,14). The van der Waals surface area contributed by atoms with Crippen LogP contribution in [0, 0.1) is 0 Å². The Kier molecular flexibility index (Phi) is 4.00. The number of hydrogen-bond donors (Lipinski definition) is 2. The molecule has 1 amide bonds. The van der Waals surface area contributed by atoms with Gasteiger partial charge in [-0.2, -0.15) is 0 Å². The largest absolute Gasteiger partial charge is 0.369 e. The summed E-state index contributed by atoms with van der Waals surface area (Å²) >= 11 is 5.95. The number of amides is 1. The van der Waals surface area contributed by atoms with Gasteiger partial charge < -0.3 is 5.73 Å². The van der Waals surface area contributed by atoms with Crippen LogP contribution in [0.4, 0.5) is 5.69 Å². The first-order valence-corrected chi connectivity index (χ1v) is 7.04. The van der Waals surface area contributed by atoms with Crippen LogP contribution in [-0.2, 0) is 14.8 Å². The molecule has 0 aliphatic carbocycles. The van der Waals surface area contributed by atoms with Crippen molar-refractivity contribution in [3.63, 3.8) is 0 Å². The Labute approximate surface area is 105 Å². The first-order valence-electron chi connectivity index (χ1n) is 4.77. The molecule has 0 fully saturated rings. The molecular formula is C10H13ClN2O3S. The Morgan fingerprint density at radius 3 is 2.47 bits per heavy atom. The molecule has 0 heterocycles. The summed E-state index contributed by atoms with van der Waals surface area (Å²) in [6.45, 7) is 1.63. The van der Waals surface area contributed by atoms with Crippen molar-refractivity contribution in [3.05, 3.63) is 28.8 Å². The van der Waals surface area contributed by atoms with Crippen molar-refractivity contribution in [2.75, 3.05) is 11.0 Å². The van der Waals surface area contributed by atoms with Crippen LogP contribution >= 0.6 is 11.6 Å². The topological polar surface area (TPSA) is 89.3 Å². The quantitative estimate of drug-likeness (QED) is 0.869. The molecule has 17 heavy (non-hydrogen) atoms. The van der Waals surface area contributed by atoms with Crippen LogP contribution in [-0.4, -0.2) is 20.6 Å². The number of halogens is 1. The zero-order valence-corrected chi connectivity index (χ0v) is 11.0. The molecule has 1 rings (SSSR count). The number of benzene rings is 1. The Morgan fingerprint density at radius 2 is 2.06 bits per heavy atom. The third-order valence-corrected chi connectivity index (χ3v) is 3.13. The molecule has 0 aliphatic heterocycles. The van der Waals surface area contributed by atoms with Gasteiger partial charge in [-0.3, -0.25) is 9.52 Å². The summed E-state index contributed by atoms with van der Waals surface area (Å²) in [6.07, 6.45) is 1.04. The predicted molar refractivity (Wildman–Crippen MR) is 67.5 cm³/mol. The minimum absolute atomic E-state index is 0.296. The number of carbonyl (C=O) groups is 1. The van der Waals surface area contributed by atoms with Gasteiger partial charge in [0.1, 0.15) is 0 Å². The van der Waals surface area contributed by atoms with Gasteiger partial charge in [-0.05, 0) is 24.6 Å². The molecule has 7 heteroatoms. The second-order valence-corrected chi connectivity index (χ2v) is 5.89. The highest BCUT2D eigenvalue weighted by molar-refractivity contribution is 7.92. The highest BCUT2D eigenvalue weighted by atomic mass is 35.5. The van der Waals surface area contributed by atoms with Crippen molar-refractivity contribution in [1.29, 1.82) is 0 Å². The van der Waals surface area contributed by atoms with Crippen molar-refractivity contribution in [1.82, 2.24) is 0 Å². The zero-order valence-electron chi connectivity index (χ0n) is 9.40. The van der Waals surface area contributed by atoms with Gasteiger partial charge in [0.05, 0.1) is 12.2 Å². The van der Waals surface area contributed by atoms with Crippen molar-refractivity contribution in [2.45, 2.75) is 12.8 Å². The van der Waals surface area contributed by atoms with E-state index in [4.69, 9.17) is 17.3 Å². The van der Waals surface area contributed by atoms with E-state index in [1.54, 1.807) is 13.0 Å². The van der Waals surface area contributed by atoms with Gasteiger partial charge in [-0.15, -0.1) is 0 Å². The van der Waals surface area contributed by atoms with Crippen LogP contribution in [0.2, 0.25) is 5.02 Å². The summed E-state index contributed by atoms with van der Waals surface area (Å²) in [5.74, 6) is -1.01. The van der Waals surface area contributed by atoms with Crippen LogP contribution in [0.1, 0.15) is 18.4 Å². The number of carbonyl (C=O) groups excluding carboxylic acids is 1. The fraction of sp³-hybridized carbons (Fsp3) is 0.300. The number of sulfonamides is 1. The van der Waals surface area contributed by atoms with Crippen molar-refractivity contribution in [2.24, 2.45) is 5.73 Å². The van der Waals surface area contributed by atoms with E-state index in [0.717, 1.165) is 6.26 Å². The van der Waals surface area contributed by atoms with Gasteiger partial charge in [-0.1, -0.05) is 17.7 Å². The molecule has 5 nitrogen and oxygen atoms in total. The zero-order chi connectivity index (χ0) is 13.2. The van der Waals surface area contributed by atoms with E-state index in [2.05, 4.69) is 4.72 Å². The monoisotopic (exact) mass is 276 g/mol. The van der Waals surface area contributed by atoms with Crippen LogP contribution in [0.25, 0.3) is 0 Å². The van der Waals surface area contributed by atoms with Crippen molar-refractivity contribution >= 4 is 33.2 Å². The highest BCUT2D eigenvalue weighted by Gasteiger charge is 2.15. The predicted octanol–water partition coefficient (Wildman–Crippen LogP) is 1.30. The summed E-state index contributed by atoms with van der Waals surface area (Å²) in [4.78, 5) is 11.0. The molecule has 1 aromatic carbocycles. The van der Waals surface area contributed by atoms with E-state index >= 15 is 0 Å². The smallest absolute Gasteiger partial charge is 0.229 e. The Balaban J connectivity index is 3.06. The maximum atomic E-state index is 11.0. The highest BCUT2D eigenvalue weighted by Crippen LogP contribution is 2.27. The summed E-state index contributed by atoms with van der Waals surface area (Å²) in [5, 5.41) is 0.296. The molecule has 0 aromatic heterocycles. The second kappa shape index (κ2) is 4.93. The number of nitrogens with one attached hydrogen (secondary N) is 1. The number of primary amides is 1.